The van der Waals surface area contributed by atoms with Crippen molar-refractivity contribution in [3.63, 3.8) is 0 Å². The second-order valence-corrected chi connectivity index (χ2v) is 7.40. The van der Waals surface area contributed by atoms with Crippen LogP contribution in [0.4, 0.5) is 5.69 Å². The third kappa shape index (κ3) is 13.6. The lowest BCUT2D eigenvalue weighted by Crippen LogP contribution is -2.11. The minimum absolute atomic E-state index is 0.0981. The van der Waals surface area contributed by atoms with E-state index in [1.165, 1.54) is 57.8 Å². The van der Waals surface area contributed by atoms with E-state index in [9.17, 15) is 4.79 Å². The number of anilines is 1. The fraction of sp³-hybridized carbons (Fsp3) is 0.708. The van der Waals surface area contributed by atoms with Crippen molar-refractivity contribution < 1.29 is 14.3 Å². The average Bonchev–Trinajstić information content (AvgIpc) is 2.70. The summed E-state index contributed by atoms with van der Waals surface area (Å²) in [5.41, 5.74) is 0.824. The van der Waals surface area contributed by atoms with Gasteiger partial charge in [0.2, 0.25) is 5.91 Å². The molecule has 0 heterocycles. The number of rotatable bonds is 18. The van der Waals surface area contributed by atoms with E-state index in [4.69, 9.17) is 9.47 Å². The highest BCUT2D eigenvalue weighted by atomic mass is 16.5. The molecule has 4 nitrogen and oxygen atoms in total. The number of hydrogen-bond donors (Lipinski definition) is 1. The molecule has 1 aromatic carbocycles. The van der Waals surface area contributed by atoms with Crippen molar-refractivity contribution >= 4 is 11.6 Å². The molecular formula is C24H41NO3. The first-order valence-electron chi connectivity index (χ1n) is 11.4. The Kier molecular flexibility index (Phi) is 15.3. The molecule has 0 bridgehead atoms. The van der Waals surface area contributed by atoms with E-state index < -0.39 is 0 Å². The van der Waals surface area contributed by atoms with Crippen LogP contribution in [0.25, 0.3) is 0 Å². The first kappa shape index (κ1) is 24.5. The summed E-state index contributed by atoms with van der Waals surface area (Å²) in [7, 11) is 0. The number of nitrogens with one attached hydrogen (secondary N) is 1. The number of ether oxygens (including phenoxy) is 2. The summed E-state index contributed by atoms with van der Waals surface area (Å²) < 4.78 is 10.8. The van der Waals surface area contributed by atoms with Crippen molar-refractivity contribution in [2.24, 2.45) is 0 Å². The van der Waals surface area contributed by atoms with Gasteiger partial charge in [-0.05, 0) is 37.6 Å². The highest BCUT2D eigenvalue weighted by Gasteiger charge is 2.03. The third-order valence-corrected chi connectivity index (χ3v) is 4.85. The lowest BCUT2D eigenvalue weighted by atomic mass is 10.1. The summed E-state index contributed by atoms with van der Waals surface area (Å²) in [5, 5.41) is 2.96. The van der Waals surface area contributed by atoms with Crippen molar-refractivity contribution in [3.05, 3.63) is 24.3 Å². The van der Waals surface area contributed by atoms with Crippen LogP contribution in [-0.4, -0.2) is 25.7 Å². The average molecular weight is 392 g/mol. The Bertz CT molecular complexity index is 487. The molecule has 0 aliphatic heterocycles. The largest absolute Gasteiger partial charge is 0.491 e. The molecule has 0 saturated heterocycles. The molecule has 0 unspecified atom stereocenters. The van der Waals surface area contributed by atoms with Crippen molar-refractivity contribution in [1.29, 1.82) is 0 Å². The highest BCUT2D eigenvalue weighted by Crippen LogP contribution is 2.16. The standard InChI is InChI=1S/C24H41NO3/c1-3-5-6-7-8-9-10-11-12-13-14-15-24(26)25-22-16-18-23(19-17-22)28-21-20-27-4-2/h16-19H,3-15,20-21H2,1-2H3,(H,25,26). The van der Waals surface area contributed by atoms with Crippen LogP contribution in [0, 0.1) is 0 Å². The first-order valence-corrected chi connectivity index (χ1v) is 11.4. The lowest BCUT2D eigenvalue weighted by Gasteiger charge is -2.08. The molecule has 1 amide bonds. The fourth-order valence-electron chi connectivity index (χ4n) is 3.17. The third-order valence-electron chi connectivity index (χ3n) is 4.85. The minimum atomic E-state index is 0.0981. The Balaban J connectivity index is 2.00. The molecule has 4 heteroatoms. The molecule has 160 valence electrons. The van der Waals surface area contributed by atoms with Gasteiger partial charge >= 0.3 is 0 Å². The Morgan fingerprint density at radius 1 is 0.786 bits per heavy atom. The maximum Gasteiger partial charge on any atom is 0.224 e. The number of unbranched alkanes of at least 4 members (excludes halogenated alkanes) is 10. The van der Waals surface area contributed by atoms with Gasteiger partial charge in [0.15, 0.2) is 0 Å². The zero-order valence-electron chi connectivity index (χ0n) is 18.1. The molecule has 1 rings (SSSR count). The second kappa shape index (κ2) is 17.5. The molecule has 1 N–H and O–H groups in total. The van der Waals surface area contributed by atoms with Gasteiger partial charge in [-0.15, -0.1) is 0 Å². The van der Waals surface area contributed by atoms with Crippen LogP contribution in [0.3, 0.4) is 0 Å². The van der Waals surface area contributed by atoms with Gasteiger partial charge in [0.05, 0.1) is 6.61 Å². The molecule has 1 aromatic rings. The van der Waals surface area contributed by atoms with Gasteiger partial charge in [-0.2, -0.15) is 0 Å². The number of hydrogen-bond acceptors (Lipinski definition) is 3. The van der Waals surface area contributed by atoms with Crippen molar-refractivity contribution in [2.75, 3.05) is 25.1 Å². The molecule has 0 aliphatic rings. The van der Waals surface area contributed by atoms with E-state index >= 15 is 0 Å². The Hall–Kier alpha value is -1.55. The number of amides is 1. The van der Waals surface area contributed by atoms with Crippen LogP contribution in [0.15, 0.2) is 24.3 Å². The van der Waals surface area contributed by atoms with Gasteiger partial charge in [-0.3, -0.25) is 4.79 Å². The number of carbonyl (C=O) groups excluding carboxylic acids is 1. The zero-order valence-corrected chi connectivity index (χ0v) is 18.1. The number of benzene rings is 1. The fourth-order valence-corrected chi connectivity index (χ4v) is 3.17. The van der Waals surface area contributed by atoms with Crippen molar-refractivity contribution in [2.45, 2.75) is 90.9 Å². The summed E-state index contributed by atoms with van der Waals surface area (Å²) in [6.45, 7) is 6.06. The van der Waals surface area contributed by atoms with E-state index in [1.807, 2.05) is 31.2 Å². The molecule has 0 fully saturated rings. The maximum atomic E-state index is 12.0. The highest BCUT2D eigenvalue weighted by molar-refractivity contribution is 5.90. The summed E-state index contributed by atoms with van der Waals surface area (Å²) in [4.78, 5) is 12.0. The molecule has 0 saturated carbocycles. The van der Waals surface area contributed by atoms with E-state index in [2.05, 4.69) is 12.2 Å². The van der Waals surface area contributed by atoms with Crippen LogP contribution >= 0.6 is 0 Å². The smallest absolute Gasteiger partial charge is 0.224 e. The van der Waals surface area contributed by atoms with Crippen LogP contribution in [0.1, 0.15) is 90.9 Å². The van der Waals surface area contributed by atoms with E-state index in [0.717, 1.165) is 24.3 Å². The van der Waals surface area contributed by atoms with Gasteiger partial charge in [0, 0.05) is 18.7 Å². The quantitative estimate of drug-likeness (QED) is 0.282. The van der Waals surface area contributed by atoms with E-state index in [-0.39, 0.29) is 5.91 Å². The predicted molar refractivity (Wildman–Crippen MR) is 118 cm³/mol. The van der Waals surface area contributed by atoms with Gasteiger partial charge < -0.3 is 14.8 Å². The second-order valence-electron chi connectivity index (χ2n) is 7.40. The van der Waals surface area contributed by atoms with Gasteiger partial charge in [0.1, 0.15) is 12.4 Å². The Morgan fingerprint density at radius 2 is 1.36 bits per heavy atom. The van der Waals surface area contributed by atoms with E-state index in [0.29, 0.717) is 26.2 Å². The summed E-state index contributed by atoms with van der Waals surface area (Å²) >= 11 is 0. The van der Waals surface area contributed by atoms with Gasteiger partial charge in [-0.25, -0.2) is 0 Å². The SMILES string of the molecule is CCCCCCCCCCCCCC(=O)Nc1ccc(OCCOCC)cc1. The maximum absolute atomic E-state index is 12.0. The van der Waals surface area contributed by atoms with Crippen LogP contribution in [0.2, 0.25) is 0 Å². The van der Waals surface area contributed by atoms with Crippen LogP contribution < -0.4 is 10.1 Å². The van der Waals surface area contributed by atoms with Crippen LogP contribution in [0.5, 0.6) is 5.75 Å². The van der Waals surface area contributed by atoms with Crippen LogP contribution in [-0.2, 0) is 9.53 Å². The lowest BCUT2D eigenvalue weighted by molar-refractivity contribution is -0.116. The molecule has 28 heavy (non-hydrogen) atoms. The monoisotopic (exact) mass is 391 g/mol. The van der Waals surface area contributed by atoms with Gasteiger partial charge in [-0.1, -0.05) is 71.1 Å². The summed E-state index contributed by atoms with van der Waals surface area (Å²) in [5.74, 6) is 0.893. The normalized spacial score (nSPS) is 10.8. The molecule has 0 spiro atoms. The molecule has 0 atom stereocenters. The van der Waals surface area contributed by atoms with Crippen molar-refractivity contribution in [1.82, 2.24) is 0 Å². The molecule has 0 radical (unpaired) electrons. The Labute approximate surface area is 172 Å². The molecule has 0 aromatic heterocycles. The topological polar surface area (TPSA) is 47.6 Å². The number of carbonyl (C=O) groups is 1. The molecular weight excluding hydrogens is 350 g/mol. The summed E-state index contributed by atoms with van der Waals surface area (Å²) in [6, 6.07) is 7.52. The van der Waals surface area contributed by atoms with Gasteiger partial charge in [0.25, 0.3) is 0 Å². The minimum Gasteiger partial charge on any atom is -0.491 e. The zero-order chi connectivity index (χ0) is 20.3. The van der Waals surface area contributed by atoms with Crippen molar-refractivity contribution in [3.8, 4) is 5.75 Å². The Morgan fingerprint density at radius 3 is 1.93 bits per heavy atom. The first-order chi connectivity index (χ1) is 13.8. The summed E-state index contributed by atoms with van der Waals surface area (Å²) in [6.07, 6.45) is 14.9. The molecule has 0 aliphatic carbocycles. The predicted octanol–water partition coefficient (Wildman–Crippen LogP) is 6.74. The van der Waals surface area contributed by atoms with E-state index in [1.54, 1.807) is 0 Å².